The molecule has 2 aromatic heterocycles. The van der Waals surface area contributed by atoms with E-state index in [2.05, 4.69) is 10.5 Å². The molecule has 1 N–H and O–H groups in total. The minimum Gasteiger partial charge on any atom is -0.363 e. The van der Waals surface area contributed by atoms with Crippen molar-refractivity contribution in [1.29, 1.82) is 0 Å². The molecule has 27 heavy (non-hydrogen) atoms. The summed E-state index contributed by atoms with van der Waals surface area (Å²) in [6.07, 6.45) is 4.12. The van der Waals surface area contributed by atoms with Crippen LogP contribution in [0.15, 0.2) is 16.7 Å². The summed E-state index contributed by atoms with van der Waals surface area (Å²) in [5, 5.41) is 7.39. The van der Waals surface area contributed by atoms with Crippen LogP contribution in [-0.4, -0.2) is 53.6 Å². The van der Waals surface area contributed by atoms with Crippen molar-refractivity contribution in [3.05, 3.63) is 35.1 Å². The summed E-state index contributed by atoms with van der Waals surface area (Å²) in [5.74, 6) is 1.69. The van der Waals surface area contributed by atoms with E-state index < -0.39 is 0 Å². The first-order chi connectivity index (χ1) is 13.0. The van der Waals surface area contributed by atoms with Crippen molar-refractivity contribution in [2.75, 3.05) is 32.6 Å². The summed E-state index contributed by atoms with van der Waals surface area (Å²) in [7, 11) is 5.66. The van der Waals surface area contributed by atoms with Crippen LogP contribution in [0.5, 0.6) is 0 Å². The number of hydrogen-bond acceptors (Lipinski definition) is 7. The van der Waals surface area contributed by atoms with E-state index in [-0.39, 0.29) is 17.7 Å². The second kappa shape index (κ2) is 8.47. The molecule has 1 amide bonds. The molecule has 0 saturated carbocycles. The average Bonchev–Trinajstić information content (AvgIpc) is 3.17. The van der Waals surface area contributed by atoms with Crippen LogP contribution in [0.25, 0.3) is 0 Å². The van der Waals surface area contributed by atoms with E-state index in [1.807, 2.05) is 32.0 Å². The Balaban J connectivity index is 1.79. The molecule has 146 valence electrons. The van der Waals surface area contributed by atoms with E-state index in [9.17, 15) is 4.79 Å². The fraction of sp³-hybridized carbons (Fsp3) is 0.579. The zero-order valence-corrected chi connectivity index (χ0v) is 16.5. The molecule has 8 heteroatoms. The molecule has 8 nitrogen and oxygen atoms in total. The predicted molar refractivity (Wildman–Crippen MR) is 103 cm³/mol. The SMILES string of the molecule is CCc1cc(C(=O)N(C)Cc2cc(N(C)C)nc([C@@H]3CCCCN3)n2)on1. The standard InChI is InChI=1S/C19H28N6O2/c1-5-13-10-16(27-23-13)19(26)25(4)12-14-11-17(24(2)3)22-18(21-14)15-8-6-7-9-20-15/h10-11,15,20H,5-9,12H2,1-4H3/t15-/m0/s1. The van der Waals surface area contributed by atoms with E-state index in [0.717, 1.165) is 42.4 Å². The number of piperidine rings is 1. The Kier molecular flexibility index (Phi) is 6.05. The van der Waals surface area contributed by atoms with Gasteiger partial charge in [-0.05, 0) is 25.8 Å². The molecular weight excluding hydrogens is 344 g/mol. The minimum atomic E-state index is -0.204. The van der Waals surface area contributed by atoms with Crippen LogP contribution in [0, 0.1) is 0 Å². The van der Waals surface area contributed by atoms with Gasteiger partial charge in [0.2, 0.25) is 5.76 Å². The lowest BCUT2D eigenvalue weighted by Crippen LogP contribution is -2.30. The highest BCUT2D eigenvalue weighted by Gasteiger charge is 2.22. The van der Waals surface area contributed by atoms with Gasteiger partial charge in [0.1, 0.15) is 11.6 Å². The second-order valence-electron chi connectivity index (χ2n) is 7.17. The molecule has 1 aliphatic rings. The number of nitrogens with one attached hydrogen (secondary N) is 1. The summed E-state index contributed by atoms with van der Waals surface area (Å²) in [4.78, 5) is 25.6. The normalized spacial score (nSPS) is 17.0. The molecule has 0 bridgehead atoms. The van der Waals surface area contributed by atoms with Crippen LogP contribution in [0.2, 0.25) is 0 Å². The second-order valence-corrected chi connectivity index (χ2v) is 7.17. The minimum absolute atomic E-state index is 0.166. The maximum absolute atomic E-state index is 12.6. The molecule has 3 heterocycles. The monoisotopic (exact) mass is 372 g/mol. The predicted octanol–water partition coefficient (Wildman–Crippen LogP) is 2.18. The smallest absolute Gasteiger partial charge is 0.292 e. The van der Waals surface area contributed by atoms with Gasteiger partial charge in [0, 0.05) is 33.3 Å². The van der Waals surface area contributed by atoms with E-state index in [1.54, 1.807) is 18.0 Å². The van der Waals surface area contributed by atoms with E-state index in [0.29, 0.717) is 6.54 Å². The highest BCUT2D eigenvalue weighted by molar-refractivity contribution is 5.91. The summed E-state index contributed by atoms with van der Waals surface area (Å²) in [5.41, 5.74) is 1.58. The van der Waals surface area contributed by atoms with Gasteiger partial charge in [0.05, 0.1) is 24.0 Å². The van der Waals surface area contributed by atoms with Gasteiger partial charge in [0.15, 0.2) is 0 Å². The van der Waals surface area contributed by atoms with E-state index in [4.69, 9.17) is 14.5 Å². The molecular formula is C19H28N6O2. The van der Waals surface area contributed by atoms with Crippen LogP contribution in [0.4, 0.5) is 5.82 Å². The average molecular weight is 372 g/mol. The zero-order valence-electron chi connectivity index (χ0n) is 16.5. The van der Waals surface area contributed by atoms with E-state index >= 15 is 0 Å². The lowest BCUT2D eigenvalue weighted by molar-refractivity contribution is 0.0741. The number of hydrogen-bond donors (Lipinski definition) is 1. The van der Waals surface area contributed by atoms with Gasteiger partial charge in [-0.3, -0.25) is 4.79 Å². The number of amides is 1. The Hall–Kier alpha value is -2.48. The van der Waals surface area contributed by atoms with Crippen LogP contribution in [0.1, 0.15) is 60.0 Å². The fourth-order valence-corrected chi connectivity index (χ4v) is 3.12. The summed E-state index contributed by atoms with van der Waals surface area (Å²) < 4.78 is 5.16. The van der Waals surface area contributed by atoms with Gasteiger partial charge >= 0.3 is 0 Å². The Labute approximate surface area is 159 Å². The third-order valence-electron chi connectivity index (χ3n) is 4.74. The van der Waals surface area contributed by atoms with Gasteiger partial charge in [-0.2, -0.15) is 0 Å². The molecule has 1 fully saturated rings. The number of anilines is 1. The van der Waals surface area contributed by atoms with Gasteiger partial charge in [0.25, 0.3) is 5.91 Å². The number of rotatable bonds is 6. The third-order valence-corrected chi connectivity index (χ3v) is 4.74. The van der Waals surface area contributed by atoms with Gasteiger partial charge in [-0.1, -0.05) is 18.5 Å². The number of nitrogens with zero attached hydrogens (tertiary/aromatic N) is 5. The molecule has 0 aromatic carbocycles. The number of aromatic nitrogens is 3. The molecule has 0 unspecified atom stereocenters. The van der Waals surface area contributed by atoms with Crippen LogP contribution < -0.4 is 10.2 Å². The number of aryl methyl sites for hydroxylation is 1. The highest BCUT2D eigenvalue weighted by Crippen LogP contribution is 2.23. The lowest BCUT2D eigenvalue weighted by Gasteiger charge is -2.24. The third kappa shape index (κ3) is 4.63. The topological polar surface area (TPSA) is 87.4 Å². The van der Waals surface area contributed by atoms with Crippen LogP contribution in [0.3, 0.4) is 0 Å². The van der Waals surface area contributed by atoms with Crippen molar-refractivity contribution in [2.24, 2.45) is 0 Å². The van der Waals surface area contributed by atoms with Crippen molar-refractivity contribution >= 4 is 11.7 Å². The summed E-state index contributed by atoms with van der Waals surface area (Å²) in [6.45, 7) is 3.34. The van der Waals surface area contributed by atoms with Gasteiger partial charge in [-0.15, -0.1) is 0 Å². The highest BCUT2D eigenvalue weighted by atomic mass is 16.5. The zero-order chi connectivity index (χ0) is 19.4. The van der Waals surface area contributed by atoms with Crippen molar-refractivity contribution in [3.63, 3.8) is 0 Å². The molecule has 0 spiro atoms. The Bertz CT molecular complexity index is 782. The number of carbonyl (C=O) groups is 1. The summed E-state index contributed by atoms with van der Waals surface area (Å²) >= 11 is 0. The first-order valence-electron chi connectivity index (χ1n) is 9.47. The molecule has 1 saturated heterocycles. The molecule has 3 rings (SSSR count). The maximum Gasteiger partial charge on any atom is 0.292 e. The van der Waals surface area contributed by atoms with Crippen LogP contribution in [-0.2, 0) is 13.0 Å². The largest absolute Gasteiger partial charge is 0.363 e. The van der Waals surface area contributed by atoms with Crippen molar-refractivity contribution in [2.45, 2.75) is 45.2 Å². The molecule has 1 aliphatic heterocycles. The molecule has 0 aliphatic carbocycles. The Morgan fingerprint density at radius 1 is 1.22 bits per heavy atom. The van der Waals surface area contributed by atoms with Crippen molar-refractivity contribution in [1.82, 2.24) is 25.3 Å². The van der Waals surface area contributed by atoms with Crippen molar-refractivity contribution in [3.8, 4) is 0 Å². The van der Waals surface area contributed by atoms with Gasteiger partial charge < -0.3 is 19.6 Å². The Morgan fingerprint density at radius 3 is 2.67 bits per heavy atom. The summed E-state index contributed by atoms with van der Waals surface area (Å²) in [6, 6.07) is 3.79. The first-order valence-corrected chi connectivity index (χ1v) is 9.47. The fourth-order valence-electron chi connectivity index (χ4n) is 3.12. The van der Waals surface area contributed by atoms with Crippen LogP contribution >= 0.6 is 0 Å². The Morgan fingerprint density at radius 2 is 2.04 bits per heavy atom. The number of carbonyl (C=O) groups excluding carboxylic acids is 1. The molecule has 1 atom stereocenters. The van der Waals surface area contributed by atoms with Gasteiger partial charge in [-0.25, -0.2) is 9.97 Å². The van der Waals surface area contributed by atoms with E-state index in [1.165, 1.54) is 12.8 Å². The molecule has 0 radical (unpaired) electrons. The first kappa shape index (κ1) is 19.3. The van der Waals surface area contributed by atoms with Crippen molar-refractivity contribution < 1.29 is 9.32 Å². The molecule has 2 aromatic rings. The lowest BCUT2D eigenvalue weighted by atomic mass is 10.0. The quantitative estimate of drug-likeness (QED) is 0.831. The maximum atomic E-state index is 12.6.